The Balaban J connectivity index is 2.01. The molecule has 10 heavy (non-hydrogen) atoms. The molecule has 0 aromatic rings. The second-order valence-electron chi connectivity index (χ2n) is 3.51. The fourth-order valence-electron chi connectivity index (χ4n) is 1.02. The molecule has 0 radical (unpaired) electrons. The highest BCUT2D eigenvalue weighted by Crippen LogP contribution is 2.28. The molecule has 1 fully saturated rings. The number of nitrogens with one attached hydrogen (secondary N) is 1. The molecule has 1 N–H and O–H groups in total. The van der Waals surface area contributed by atoms with Crippen molar-refractivity contribution in [1.29, 1.82) is 0 Å². The molecule has 1 aliphatic rings. The third kappa shape index (κ3) is 2.53. The second-order valence-corrected chi connectivity index (χ2v) is 3.51. The van der Waals surface area contributed by atoms with Crippen LogP contribution in [0.2, 0.25) is 0 Å². The van der Waals surface area contributed by atoms with E-state index in [1.807, 2.05) is 0 Å². The molecule has 1 heteroatoms. The lowest BCUT2D eigenvalue weighted by atomic mass is 10.3. The van der Waals surface area contributed by atoms with Gasteiger partial charge in [0.15, 0.2) is 0 Å². The highest BCUT2D eigenvalue weighted by Gasteiger charge is 2.31. The number of hydrogen-bond acceptors (Lipinski definition) is 1. The maximum absolute atomic E-state index is 3.46. The van der Waals surface area contributed by atoms with Gasteiger partial charge in [-0.25, -0.2) is 0 Å². The highest BCUT2D eigenvalue weighted by atomic mass is 15.0. The van der Waals surface area contributed by atoms with E-state index >= 15 is 0 Å². The molecule has 0 spiro atoms. The van der Waals surface area contributed by atoms with E-state index in [9.17, 15) is 0 Å². The molecule has 0 aromatic carbocycles. The summed E-state index contributed by atoms with van der Waals surface area (Å²) >= 11 is 0. The predicted octanol–water partition coefficient (Wildman–Crippen LogP) is 1.95. The maximum atomic E-state index is 3.46. The lowest BCUT2D eigenvalue weighted by Gasteiger charge is -1.97. The van der Waals surface area contributed by atoms with Crippen molar-refractivity contribution in [3.05, 3.63) is 11.6 Å². The van der Waals surface area contributed by atoms with E-state index in [2.05, 4.69) is 32.2 Å². The molecule has 0 aromatic heterocycles. The van der Waals surface area contributed by atoms with Crippen molar-refractivity contribution in [3.8, 4) is 0 Å². The zero-order valence-corrected chi connectivity index (χ0v) is 7.15. The molecule has 2 atom stereocenters. The SMILES string of the molecule is CC(C)=CCN[C@@H]1C[C@H]1C. The minimum Gasteiger partial charge on any atom is -0.310 e. The van der Waals surface area contributed by atoms with Crippen LogP contribution in [0.25, 0.3) is 0 Å². The van der Waals surface area contributed by atoms with Crippen LogP contribution in [0.15, 0.2) is 11.6 Å². The van der Waals surface area contributed by atoms with E-state index in [4.69, 9.17) is 0 Å². The number of allylic oxidation sites excluding steroid dienone is 1. The van der Waals surface area contributed by atoms with Gasteiger partial charge >= 0.3 is 0 Å². The normalized spacial score (nSPS) is 29.9. The van der Waals surface area contributed by atoms with Crippen molar-refractivity contribution < 1.29 is 0 Å². The van der Waals surface area contributed by atoms with Crippen molar-refractivity contribution in [2.75, 3.05) is 6.54 Å². The molecule has 0 unspecified atom stereocenters. The first kappa shape index (κ1) is 7.80. The Bertz CT molecular complexity index is 134. The van der Waals surface area contributed by atoms with Crippen LogP contribution in [0.1, 0.15) is 27.2 Å². The summed E-state index contributed by atoms with van der Waals surface area (Å²) in [5.41, 5.74) is 1.40. The molecule has 0 saturated heterocycles. The first-order valence-corrected chi connectivity index (χ1v) is 4.07. The molecular weight excluding hydrogens is 122 g/mol. The van der Waals surface area contributed by atoms with Crippen LogP contribution in [0.3, 0.4) is 0 Å². The molecule has 0 amide bonds. The van der Waals surface area contributed by atoms with E-state index in [1.165, 1.54) is 12.0 Å². The summed E-state index contributed by atoms with van der Waals surface area (Å²) in [6.45, 7) is 7.62. The van der Waals surface area contributed by atoms with Gasteiger partial charge in [-0.1, -0.05) is 18.6 Å². The molecule has 1 aliphatic carbocycles. The van der Waals surface area contributed by atoms with Crippen LogP contribution in [-0.4, -0.2) is 12.6 Å². The van der Waals surface area contributed by atoms with Crippen LogP contribution in [0.4, 0.5) is 0 Å². The third-order valence-corrected chi connectivity index (χ3v) is 2.00. The minimum atomic E-state index is 0.815. The van der Waals surface area contributed by atoms with Gasteiger partial charge in [0, 0.05) is 12.6 Å². The Hall–Kier alpha value is -0.300. The average Bonchev–Trinajstić information content (AvgIpc) is 2.46. The molecule has 1 saturated carbocycles. The van der Waals surface area contributed by atoms with Crippen molar-refractivity contribution in [3.63, 3.8) is 0 Å². The van der Waals surface area contributed by atoms with Gasteiger partial charge in [0.05, 0.1) is 0 Å². The van der Waals surface area contributed by atoms with E-state index in [0.717, 1.165) is 18.5 Å². The molecule has 0 bridgehead atoms. The number of hydrogen-bond donors (Lipinski definition) is 1. The van der Waals surface area contributed by atoms with Gasteiger partial charge < -0.3 is 5.32 Å². The zero-order chi connectivity index (χ0) is 7.56. The maximum Gasteiger partial charge on any atom is 0.0140 e. The topological polar surface area (TPSA) is 12.0 Å². The summed E-state index contributed by atoms with van der Waals surface area (Å²) < 4.78 is 0. The van der Waals surface area contributed by atoms with Gasteiger partial charge in [-0.2, -0.15) is 0 Å². The Morgan fingerprint density at radius 2 is 2.20 bits per heavy atom. The summed E-state index contributed by atoms with van der Waals surface area (Å²) in [4.78, 5) is 0. The molecule has 0 aliphatic heterocycles. The van der Waals surface area contributed by atoms with Crippen LogP contribution in [0.5, 0.6) is 0 Å². The largest absolute Gasteiger partial charge is 0.310 e. The fourth-order valence-corrected chi connectivity index (χ4v) is 1.02. The zero-order valence-electron chi connectivity index (χ0n) is 7.15. The van der Waals surface area contributed by atoms with E-state index in [1.54, 1.807) is 0 Å². The van der Waals surface area contributed by atoms with Gasteiger partial charge in [-0.05, 0) is 26.2 Å². The quantitative estimate of drug-likeness (QED) is 0.589. The molecule has 1 nitrogen and oxygen atoms in total. The summed E-state index contributed by atoms with van der Waals surface area (Å²) in [7, 11) is 0. The fraction of sp³-hybridized carbons (Fsp3) is 0.778. The van der Waals surface area contributed by atoms with Gasteiger partial charge in [0.25, 0.3) is 0 Å². The molecule has 0 heterocycles. The summed E-state index contributed by atoms with van der Waals surface area (Å²) in [6.07, 6.45) is 3.61. The van der Waals surface area contributed by atoms with Crippen LogP contribution in [-0.2, 0) is 0 Å². The second kappa shape index (κ2) is 3.20. The summed E-state index contributed by atoms with van der Waals surface area (Å²) in [6, 6.07) is 0.815. The van der Waals surface area contributed by atoms with Crippen molar-refractivity contribution >= 4 is 0 Å². The smallest absolute Gasteiger partial charge is 0.0140 e. The number of rotatable bonds is 3. The van der Waals surface area contributed by atoms with Gasteiger partial charge in [0.2, 0.25) is 0 Å². The van der Waals surface area contributed by atoms with E-state index in [-0.39, 0.29) is 0 Å². The monoisotopic (exact) mass is 139 g/mol. The van der Waals surface area contributed by atoms with Crippen LogP contribution >= 0.6 is 0 Å². The van der Waals surface area contributed by atoms with Gasteiger partial charge in [0.1, 0.15) is 0 Å². The van der Waals surface area contributed by atoms with Crippen LogP contribution < -0.4 is 5.32 Å². The third-order valence-electron chi connectivity index (χ3n) is 2.00. The Morgan fingerprint density at radius 1 is 1.60 bits per heavy atom. The average molecular weight is 139 g/mol. The van der Waals surface area contributed by atoms with Gasteiger partial charge in [-0.15, -0.1) is 0 Å². The Labute approximate surface area is 63.5 Å². The minimum absolute atomic E-state index is 0.815. The van der Waals surface area contributed by atoms with Crippen molar-refractivity contribution in [2.45, 2.75) is 33.2 Å². The predicted molar refractivity (Wildman–Crippen MR) is 45.0 cm³/mol. The highest BCUT2D eigenvalue weighted by molar-refractivity contribution is 4.97. The Morgan fingerprint density at radius 3 is 2.60 bits per heavy atom. The van der Waals surface area contributed by atoms with E-state index < -0.39 is 0 Å². The summed E-state index contributed by atoms with van der Waals surface area (Å²) in [5.74, 6) is 0.922. The van der Waals surface area contributed by atoms with Gasteiger partial charge in [-0.3, -0.25) is 0 Å². The lowest BCUT2D eigenvalue weighted by molar-refractivity contribution is 0.703. The first-order valence-electron chi connectivity index (χ1n) is 4.07. The molecular formula is C9H17N. The summed E-state index contributed by atoms with van der Waals surface area (Å²) in [5, 5.41) is 3.46. The van der Waals surface area contributed by atoms with Crippen molar-refractivity contribution in [2.24, 2.45) is 5.92 Å². The van der Waals surface area contributed by atoms with Crippen molar-refractivity contribution in [1.82, 2.24) is 5.32 Å². The first-order chi connectivity index (χ1) is 4.70. The standard InChI is InChI=1S/C9H17N/c1-7(2)4-5-10-9-6-8(9)3/h4,8-10H,5-6H2,1-3H3/t8-,9-/m1/s1. The lowest BCUT2D eigenvalue weighted by Crippen LogP contribution is -2.17. The van der Waals surface area contributed by atoms with E-state index in [0.29, 0.717) is 0 Å². The molecule has 1 rings (SSSR count). The van der Waals surface area contributed by atoms with Crippen LogP contribution in [0, 0.1) is 5.92 Å². The molecule has 58 valence electrons. The Kier molecular flexibility index (Phi) is 2.50.